The third kappa shape index (κ3) is 4.83. The molecule has 0 saturated carbocycles. The summed E-state index contributed by atoms with van der Waals surface area (Å²) < 4.78 is 45.4. The molecule has 0 spiro atoms. The van der Waals surface area contributed by atoms with Crippen LogP contribution in [0.1, 0.15) is 35.8 Å². The van der Waals surface area contributed by atoms with Crippen LogP contribution in [0.3, 0.4) is 0 Å². The Labute approximate surface area is 184 Å². The number of carbonyl (C=O) groups excluding carboxylic acids is 1. The first-order valence-electron chi connectivity index (χ1n) is 9.60. The van der Waals surface area contributed by atoms with Crippen molar-refractivity contribution in [2.45, 2.75) is 38.6 Å². The third-order valence-electron chi connectivity index (χ3n) is 4.70. The van der Waals surface area contributed by atoms with Gasteiger partial charge < -0.3 is 14.8 Å². The van der Waals surface area contributed by atoms with Gasteiger partial charge >= 0.3 is 6.18 Å². The van der Waals surface area contributed by atoms with Gasteiger partial charge in [-0.15, -0.1) is 11.3 Å². The Kier molecular flexibility index (Phi) is 5.55. The van der Waals surface area contributed by atoms with Crippen LogP contribution in [0.15, 0.2) is 46.7 Å². The molecule has 1 aromatic carbocycles. The van der Waals surface area contributed by atoms with E-state index in [4.69, 9.17) is 4.42 Å². The lowest BCUT2D eigenvalue weighted by molar-refractivity contribution is -0.137. The number of amides is 1. The highest BCUT2D eigenvalue weighted by Gasteiger charge is 2.35. The number of thiazole rings is 1. The fourth-order valence-corrected chi connectivity index (χ4v) is 3.75. The zero-order valence-electron chi connectivity index (χ0n) is 17.1. The molecule has 11 heteroatoms. The Hall–Kier alpha value is -3.18. The molecule has 4 aromatic rings. The molecule has 7 nitrogen and oxygen atoms in total. The van der Waals surface area contributed by atoms with Crippen molar-refractivity contribution in [1.82, 2.24) is 14.8 Å². The molecule has 1 amide bonds. The number of carbonyl (C=O) groups is 1. The molecule has 4 rings (SSSR count). The van der Waals surface area contributed by atoms with Gasteiger partial charge in [-0.1, -0.05) is 0 Å². The maximum atomic E-state index is 12.8. The molecule has 0 saturated heterocycles. The second-order valence-electron chi connectivity index (χ2n) is 7.91. The van der Waals surface area contributed by atoms with Crippen LogP contribution in [0, 0.1) is 0 Å². The molecular formula is C21H19F3N4O3S. The van der Waals surface area contributed by atoms with Crippen molar-refractivity contribution >= 4 is 33.8 Å². The summed E-state index contributed by atoms with van der Waals surface area (Å²) in [5.41, 5.74) is 1.14. The van der Waals surface area contributed by atoms with E-state index in [9.17, 15) is 23.1 Å². The number of hydrogen-bond acceptors (Lipinski definition) is 6. The van der Waals surface area contributed by atoms with Crippen LogP contribution in [0.5, 0.6) is 0 Å². The number of aromatic nitrogens is 3. The van der Waals surface area contributed by atoms with Gasteiger partial charge in [0.25, 0.3) is 5.91 Å². The molecule has 168 valence electrons. The molecular weight excluding hydrogens is 445 g/mol. The van der Waals surface area contributed by atoms with E-state index >= 15 is 0 Å². The van der Waals surface area contributed by atoms with E-state index in [0.717, 1.165) is 10.8 Å². The number of benzene rings is 1. The van der Waals surface area contributed by atoms with E-state index in [2.05, 4.69) is 15.4 Å². The zero-order chi connectivity index (χ0) is 23.1. The van der Waals surface area contributed by atoms with E-state index in [1.807, 2.05) is 0 Å². The summed E-state index contributed by atoms with van der Waals surface area (Å²) in [5, 5.41) is 17.8. The van der Waals surface area contributed by atoms with Crippen LogP contribution in [-0.4, -0.2) is 31.4 Å². The Morgan fingerprint density at radius 1 is 1.31 bits per heavy atom. The van der Waals surface area contributed by atoms with Gasteiger partial charge in [0, 0.05) is 40.3 Å². The minimum atomic E-state index is -4.61. The summed E-state index contributed by atoms with van der Waals surface area (Å²) in [6.45, 7) is 3.91. The number of alkyl halides is 3. The van der Waals surface area contributed by atoms with E-state index < -0.39 is 22.7 Å². The second-order valence-corrected chi connectivity index (χ2v) is 8.77. The van der Waals surface area contributed by atoms with Crippen molar-refractivity contribution in [2.75, 3.05) is 5.32 Å². The van der Waals surface area contributed by atoms with Crippen molar-refractivity contribution in [2.24, 2.45) is 0 Å². The van der Waals surface area contributed by atoms with Crippen LogP contribution < -0.4 is 5.32 Å². The smallest absolute Gasteiger partial charge is 0.443 e. The molecule has 3 aromatic heterocycles. The number of anilines is 1. The molecule has 0 fully saturated rings. The average molecular weight is 464 g/mol. The van der Waals surface area contributed by atoms with E-state index in [-0.39, 0.29) is 5.69 Å². The Bertz CT molecular complexity index is 1250. The third-order valence-corrected chi connectivity index (χ3v) is 5.59. The van der Waals surface area contributed by atoms with Crippen molar-refractivity contribution in [3.8, 4) is 11.1 Å². The number of furan rings is 1. The molecule has 0 radical (unpaired) electrons. The van der Waals surface area contributed by atoms with Crippen LogP contribution >= 0.6 is 11.3 Å². The van der Waals surface area contributed by atoms with Gasteiger partial charge in [-0.3, -0.25) is 9.48 Å². The molecule has 2 N–H and O–H groups in total. The Morgan fingerprint density at radius 2 is 2.09 bits per heavy atom. The normalized spacial score (nSPS) is 12.4. The fourth-order valence-electron chi connectivity index (χ4n) is 3.08. The minimum Gasteiger partial charge on any atom is -0.472 e. The number of halogens is 3. The highest BCUT2D eigenvalue weighted by atomic mass is 32.1. The zero-order valence-corrected chi connectivity index (χ0v) is 17.9. The average Bonchev–Trinajstić information content (AvgIpc) is 3.43. The number of nitrogens with one attached hydrogen (secondary N) is 1. The number of fused-ring (bicyclic) bond motifs is 1. The lowest BCUT2D eigenvalue weighted by Crippen LogP contribution is -2.21. The topological polar surface area (TPSA) is 93.2 Å². The minimum absolute atomic E-state index is 0.318. The summed E-state index contributed by atoms with van der Waals surface area (Å²) in [7, 11) is 0. The number of nitrogens with zero attached hydrogens (tertiary/aromatic N) is 3. The summed E-state index contributed by atoms with van der Waals surface area (Å²) in [6.07, 6.45) is 0.628. The maximum Gasteiger partial charge on any atom is 0.443 e. The van der Waals surface area contributed by atoms with Gasteiger partial charge in [-0.2, -0.15) is 18.3 Å². The molecule has 0 aliphatic carbocycles. The number of hydrogen-bond donors (Lipinski definition) is 2. The first-order chi connectivity index (χ1) is 15.0. The van der Waals surface area contributed by atoms with Crippen molar-refractivity contribution in [3.63, 3.8) is 0 Å². The van der Waals surface area contributed by atoms with Gasteiger partial charge in [0.2, 0.25) is 0 Å². The Balaban J connectivity index is 1.68. The van der Waals surface area contributed by atoms with Crippen molar-refractivity contribution < 1.29 is 27.5 Å². The largest absolute Gasteiger partial charge is 0.472 e. The van der Waals surface area contributed by atoms with Crippen LogP contribution in [0.25, 0.3) is 22.0 Å². The van der Waals surface area contributed by atoms with Gasteiger partial charge in [-0.25, -0.2) is 4.98 Å². The first-order valence-corrected chi connectivity index (χ1v) is 10.5. The predicted molar refractivity (Wildman–Crippen MR) is 113 cm³/mol. The lowest BCUT2D eigenvalue weighted by atomic mass is 10.0. The highest BCUT2D eigenvalue weighted by Crippen LogP contribution is 2.34. The number of rotatable bonds is 6. The van der Waals surface area contributed by atoms with Gasteiger partial charge in [-0.05, 0) is 38.5 Å². The summed E-state index contributed by atoms with van der Waals surface area (Å²) in [5.74, 6) is -0.754. The maximum absolute atomic E-state index is 12.8. The standard InChI is InChI=1S/C21H19F3N4O3S/c1-20(2,30)4-5-28-9-13-7-16(14(8-15(13)27-28)12-3-6-31-10-12)25-18(29)17-11-32-19(26-17)21(22,23)24/h3,6-11,30H,4-5H2,1-2H3,(H,25,29). The van der Waals surface area contributed by atoms with Crippen molar-refractivity contribution in [1.29, 1.82) is 0 Å². The predicted octanol–water partition coefficient (Wildman–Crippen LogP) is 5.18. The number of aryl methyl sites for hydroxylation is 1. The molecule has 0 aliphatic heterocycles. The monoisotopic (exact) mass is 464 g/mol. The quantitative estimate of drug-likeness (QED) is 0.410. The van der Waals surface area contributed by atoms with Crippen LogP contribution in [0.4, 0.5) is 18.9 Å². The molecule has 32 heavy (non-hydrogen) atoms. The van der Waals surface area contributed by atoms with E-state index in [1.54, 1.807) is 42.9 Å². The van der Waals surface area contributed by atoms with Crippen LogP contribution in [0.2, 0.25) is 0 Å². The Morgan fingerprint density at radius 3 is 2.72 bits per heavy atom. The summed E-state index contributed by atoms with van der Waals surface area (Å²) in [4.78, 5) is 16.0. The summed E-state index contributed by atoms with van der Waals surface area (Å²) in [6, 6.07) is 5.16. The highest BCUT2D eigenvalue weighted by molar-refractivity contribution is 7.10. The number of aliphatic hydroxyl groups is 1. The molecule has 0 bridgehead atoms. The summed E-state index contributed by atoms with van der Waals surface area (Å²) >= 11 is 0.365. The molecule has 0 unspecified atom stereocenters. The molecule has 0 aliphatic rings. The van der Waals surface area contributed by atoms with Gasteiger partial charge in [0.15, 0.2) is 5.01 Å². The molecule has 0 atom stereocenters. The van der Waals surface area contributed by atoms with Crippen molar-refractivity contribution in [3.05, 3.63) is 53.0 Å². The van der Waals surface area contributed by atoms with E-state index in [0.29, 0.717) is 46.6 Å². The SMILES string of the molecule is CC(C)(O)CCn1cc2cc(NC(=O)c3csc(C(F)(F)F)n3)c(-c3ccoc3)cc2n1. The second kappa shape index (κ2) is 8.06. The fraction of sp³-hybridized carbons (Fsp3) is 0.286. The van der Waals surface area contributed by atoms with E-state index in [1.165, 1.54) is 12.5 Å². The van der Waals surface area contributed by atoms with Gasteiger partial charge in [0.05, 0.1) is 23.6 Å². The van der Waals surface area contributed by atoms with Crippen LogP contribution in [-0.2, 0) is 12.7 Å². The van der Waals surface area contributed by atoms with Gasteiger partial charge in [0.1, 0.15) is 5.69 Å². The first kappa shape index (κ1) is 22.0. The lowest BCUT2D eigenvalue weighted by Gasteiger charge is -2.16. The molecule has 3 heterocycles.